The topological polar surface area (TPSA) is 319 Å². The number of nitrogens with one attached hydrogen (secondary N) is 1. The van der Waals surface area contributed by atoms with Gasteiger partial charge in [0, 0.05) is 98.4 Å². The summed E-state index contributed by atoms with van der Waals surface area (Å²) in [6, 6.07) is 31.4. The number of hydrogen-bond acceptors (Lipinski definition) is 22. The summed E-state index contributed by atoms with van der Waals surface area (Å²) < 4.78 is 39.5. The number of hydrogen-bond donors (Lipinski definition) is 2. The van der Waals surface area contributed by atoms with Crippen LogP contribution < -0.4 is 16.0 Å². The van der Waals surface area contributed by atoms with Crippen molar-refractivity contribution in [3.63, 3.8) is 0 Å². The summed E-state index contributed by atoms with van der Waals surface area (Å²) >= 11 is 0. The van der Waals surface area contributed by atoms with Gasteiger partial charge >= 0.3 is 18.3 Å². The van der Waals surface area contributed by atoms with Crippen molar-refractivity contribution in [1.29, 1.82) is 10.5 Å². The number of nitrogen functional groups attached to an aromatic ring is 1. The highest BCUT2D eigenvalue weighted by Gasteiger charge is 2.38. The molecular weight excluding hydrogens is 1210 g/mol. The highest BCUT2D eigenvalue weighted by molar-refractivity contribution is 6.10. The second-order valence-corrected chi connectivity index (χ2v) is 27.3. The Bertz CT molecular complexity index is 4050. The molecule has 0 atom stereocenters. The van der Waals surface area contributed by atoms with Gasteiger partial charge < -0.3 is 48.7 Å². The molecule has 3 N–H and O–H groups in total. The Balaban J connectivity index is 0.000000245. The molecular formula is C71H82N14O10. The Kier molecular flexibility index (Phi) is 21.2. The predicted molar refractivity (Wildman–Crippen MR) is 355 cm³/mol. The molecule has 2 aliphatic heterocycles. The maximum absolute atomic E-state index is 13.8. The minimum atomic E-state index is -1.04. The molecule has 10 rings (SSSR count). The van der Waals surface area contributed by atoms with E-state index in [-0.39, 0.29) is 35.2 Å². The van der Waals surface area contributed by atoms with E-state index in [2.05, 4.69) is 59.8 Å². The minimum absolute atomic E-state index is 0.00745. The number of benzene rings is 2. The third kappa shape index (κ3) is 18.2. The first-order valence-electron chi connectivity index (χ1n) is 31.5. The zero-order valence-corrected chi connectivity index (χ0v) is 56.1. The maximum Gasteiger partial charge on any atom is 0.425 e. The summed E-state index contributed by atoms with van der Waals surface area (Å²) in [5.41, 5.74) is 10.6. The summed E-state index contributed by atoms with van der Waals surface area (Å²) in [5.74, 6) is 0.543. The fourth-order valence-corrected chi connectivity index (χ4v) is 10.1. The van der Waals surface area contributed by atoms with Crippen LogP contribution in [0.15, 0.2) is 119 Å². The monoisotopic (exact) mass is 1290 g/mol. The average molecular weight is 1290 g/mol. The van der Waals surface area contributed by atoms with Crippen LogP contribution in [-0.2, 0) is 47.6 Å². The highest BCUT2D eigenvalue weighted by Crippen LogP contribution is 2.37. The first-order valence-corrected chi connectivity index (χ1v) is 31.5. The maximum atomic E-state index is 13.8. The van der Waals surface area contributed by atoms with E-state index in [0.717, 1.165) is 49.3 Å². The number of anilines is 2. The Morgan fingerprint density at radius 1 is 0.547 bits per heavy atom. The second-order valence-electron chi connectivity index (χ2n) is 27.3. The van der Waals surface area contributed by atoms with Gasteiger partial charge in [-0.15, -0.1) is 0 Å². The van der Waals surface area contributed by atoms with Gasteiger partial charge in [0.05, 0.1) is 58.1 Å². The van der Waals surface area contributed by atoms with E-state index in [0.29, 0.717) is 100 Å². The van der Waals surface area contributed by atoms with Crippen molar-refractivity contribution >= 4 is 29.9 Å². The van der Waals surface area contributed by atoms with Crippen LogP contribution in [0.4, 0.5) is 26.0 Å². The van der Waals surface area contributed by atoms with Crippen molar-refractivity contribution in [3.8, 4) is 80.1 Å². The van der Waals surface area contributed by atoms with Crippen LogP contribution in [0.1, 0.15) is 138 Å². The van der Waals surface area contributed by atoms with Crippen LogP contribution >= 0.6 is 0 Å². The number of nitrogens with two attached hydrogens (primary N) is 1. The van der Waals surface area contributed by atoms with Gasteiger partial charge in [-0.1, -0.05) is 58.8 Å². The molecule has 8 heterocycles. The lowest BCUT2D eigenvalue weighted by atomic mass is 9.90. The van der Waals surface area contributed by atoms with Crippen molar-refractivity contribution in [2.75, 3.05) is 37.1 Å². The molecule has 95 heavy (non-hydrogen) atoms. The molecule has 0 saturated carbocycles. The van der Waals surface area contributed by atoms with Gasteiger partial charge in [0.2, 0.25) is 0 Å². The van der Waals surface area contributed by atoms with Crippen LogP contribution in [0.2, 0.25) is 0 Å². The predicted octanol–water partition coefficient (Wildman–Crippen LogP) is 13.8. The molecule has 8 aromatic rings. The van der Waals surface area contributed by atoms with Gasteiger partial charge in [-0.05, 0) is 151 Å². The molecule has 24 heteroatoms. The van der Waals surface area contributed by atoms with Gasteiger partial charge in [0.1, 0.15) is 28.2 Å². The molecule has 2 aliphatic rings. The third-order valence-electron chi connectivity index (χ3n) is 15.3. The Morgan fingerprint density at radius 3 is 1.47 bits per heavy atom. The zero-order valence-electron chi connectivity index (χ0n) is 56.1. The van der Waals surface area contributed by atoms with Gasteiger partial charge in [-0.25, -0.2) is 34.3 Å². The largest absolute Gasteiger partial charge is 0.444 e. The number of pyridine rings is 2. The summed E-state index contributed by atoms with van der Waals surface area (Å²) in [5, 5.41) is 31.4. The molecule has 0 unspecified atom stereocenters. The van der Waals surface area contributed by atoms with Gasteiger partial charge in [0.15, 0.2) is 34.5 Å². The van der Waals surface area contributed by atoms with Crippen LogP contribution in [0, 0.1) is 22.7 Å². The number of amides is 3. The Hall–Kier alpha value is -10.0. The number of carbonyl (C=O) groups is 3. The van der Waals surface area contributed by atoms with Crippen molar-refractivity contribution in [2.45, 2.75) is 168 Å². The molecule has 0 radical (unpaired) electrons. The fraction of sp³-hybridized carbons (Fsp3) is 0.423. The van der Waals surface area contributed by atoms with E-state index in [1.54, 1.807) is 97.1 Å². The molecule has 24 nitrogen and oxygen atoms in total. The summed E-state index contributed by atoms with van der Waals surface area (Å²) in [4.78, 5) is 70.5. The molecule has 496 valence electrons. The van der Waals surface area contributed by atoms with E-state index >= 15 is 0 Å². The summed E-state index contributed by atoms with van der Waals surface area (Å²) in [7, 11) is 0. The number of carbonyl (C=O) groups excluding carboxylic acids is 3. The van der Waals surface area contributed by atoms with Crippen LogP contribution in [0.3, 0.4) is 0 Å². The molecule has 0 aliphatic carbocycles. The van der Waals surface area contributed by atoms with Crippen LogP contribution in [-0.4, -0.2) is 119 Å². The molecule has 0 spiro atoms. The number of aromatic nitrogens is 8. The lowest BCUT2D eigenvalue weighted by Crippen LogP contribution is -2.45. The van der Waals surface area contributed by atoms with E-state index < -0.39 is 39.8 Å². The number of ether oxygens (including phenoxy) is 5. The van der Waals surface area contributed by atoms with Crippen LogP contribution in [0.25, 0.3) is 67.9 Å². The molecule has 3 amide bonds. The lowest BCUT2D eigenvalue weighted by molar-refractivity contribution is -0.00813. The smallest absolute Gasteiger partial charge is 0.425 e. The second kappa shape index (κ2) is 29.1. The molecule has 2 fully saturated rings. The zero-order chi connectivity index (χ0) is 68.5. The van der Waals surface area contributed by atoms with Crippen molar-refractivity contribution < 1.29 is 47.1 Å². The first-order chi connectivity index (χ1) is 45.0. The van der Waals surface area contributed by atoms with E-state index in [9.17, 15) is 24.9 Å². The quantitative estimate of drug-likeness (QED) is 0.0901. The van der Waals surface area contributed by atoms with Crippen LogP contribution in [0.5, 0.6) is 0 Å². The Morgan fingerprint density at radius 2 is 0.989 bits per heavy atom. The number of nitriles is 2. The first kappa shape index (κ1) is 69.3. The molecule has 0 bridgehead atoms. The molecule has 2 saturated heterocycles. The number of nitrogens with zero attached hydrogens (tertiary/aromatic N) is 12. The van der Waals surface area contributed by atoms with E-state index in [1.165, 1.54) is 11.8 Å². The van der Waals surface area contributed by atoms with Crippen molar-refractivity contribution in [1.82, 2.24) is 50.4 Å². The standard InChI is InChI=1S/C43H53N7O8.C28H29N7O2/c1-40(2,3)55-37(51)49(30-17-20-54-21-18-30)25-27-12-14-28(15-13-27)31-23-33(58-48-31)35-36(50(38(52)56-41(4,5)6)39(53)57-42(7,8)9)46-24-32(47-35)29-16-19-45-34(22-29)43(10,11)26-44;1-28(2,17-29)25-13-20(7-10-31-25)23-16-33-27(30)26(34-23)24-14-22(35-37-24)19-5-3-18(4-6-19)15-32-21-8-11-36-12-9-21/h12-16,19,22-24,30H,17-18,20-21,25H2,1-11H3;3-7,10,13-14,16,21,32H,8-9,11-12,15H2,1-2H3,(H2,30,33). The van der Waals surface area contributed by atoms with Gasteiger partial charge in [-0.3, -0.25) is 9.97 Å². The molecule has 6 aromatic heterocycles. The summed E-state index contributed by atoms with van der Waals surface area (Å²) in [6.07, 6.45) is 7.29. The van der Waals surface area contributed by atoms with Gasteiger partial charge in [-0.2, -0.15) is 15.4 Å². The fourth-order valence-electron chi connectivity index (χ4n) is 10.1. The van der Waals surface area contributed by atoms with E-state index in [1.807, 2.05) is 89.2 Å². The lowest BCUT2D eigenvalue weighted by Gasteiger charge is -2.35. The number of rotatable bonds is 15. The summed E-state index contributed by atoms with van der Waals surface area (Å²) in [6.45, 7) is 26.7. The normalized spacial score (nSPS) is 14.1. The van der Waals surface area contributed by atoms with E-state index in [4.69, 9.17) is 48.4 Å². The molecule has 2 aromatic carbocycles. The average Bonchev–Trinajstić information content (AvgIpc) is 1.76. The van der Waals surface area contributed by atoms with Crippen molar-refractivity contribution in [3.05, 3.63) is 132 Å². The third-order valence-corrected chi connectivity index (χ3v) is 15.3. The Labute approximate surface area is 553 Å². The number of imide groups is 1. The SMILES string of the molecule is CC(C)(C#N)c1cc(-c2cnc(N)c(-c3cc(-c4ccc(CNC5CCOCC5)cc4)no3)n2)ccn1.CC(C)(C)OC(=O)N(C(=O)OC(C)(C)C)c1ncc(-c2ccnc(C(C)(C)C#N)c2)nc1-c1cc(-c2ccc(CN(C(=O)OC(C)(C)C)C3CCOCC3)cc2)no1. The van der Waals surface area contributed by atoms with Gasteiger partial charge in [0.25, 0.3) is 0 Å². The van der Waals surface area contributed by atoms with Crippen molar-refractivity contribution in [2.24, 2.45) is 0 Å². The highest BCUT2D eigenvalue weighted by atomic mass is 16.6. The minimum Gasteiger partial charge on any atom is -0.444 e.